The largest absolute Gasteiger partial charge is 0.192 e. The molecule has 2 aliphatic heterocycles. The van der Waals surface area contributed by atoms with Gasteiger partial charge >= 0.3 is 0 Å². The van der Waals surface area contributed by atoms with Gasteiger partial charge in [0.05, 0.1) is 8.47 Å². The first kappa shape index (κ1) is 10.1. The van der Waals surface area contributed by atoms with Crippen LogP contribution in [-0.2, 0) is 0 Å². The van der Waals surface area contributed by atoms with E-state index in [1.807, 2.05) is 23.0 Å². The maximum atomic E-state index is 8.78. The summed E-state index contributed by atoms with van der Waals surface area (Å²) in [5, 5.41) is 21.6. The van der Waals surface area contributed by atoms with Crippen LogP contribution in [0.25, 0.3) is 0 Å². The Balaban J connectivity index is 2.24. The first-order valence-electron chi connectivity index (χ1n) is 3.48. The van der Waals surface area contributed by atoms with E-state index in [9.17, 15) is 0 Å². The van der Waals surface area contributed by atoms with Crippen LogP contribution in [0.2, 0.25) is 0 Å². The second-order valence-electron chi connectivity index (χ2n) is 2.17. The van der Waals surface area contributed by atoms with Gasteiger partial charge in [-0.05, 0) is 10.8 Å². The molecule has 0 unspecified atom stereocenters. The van der Waals surface area contributed by atoms with E-state index in [4.69, 9.17) is 10.5 Å². The normalized spacial score (nSPS) is 20.1. The highest BCUT2D eigenvalue weighted by molar-refractivity contribution is 8.33. The average Bonchev–Trinajstić information content (AvgIpc) is 2.85. The molecule has 0 aromatic rings. The van der Waals surface area contributed by atoms with E-state index in [2.05, 4.69) is 0 Å². The number of allylic oxidation sites excluding steroid dienone is 2. The standard InChI is InChI=1S/C8H2N2S4/c9-3-5-6(4-10)14-8(13-5)7-11-1-2-12-7/h1-2H. The van der Waals surface area contributed by atoms with Gasteiger partial charge in [0.15, 0.2) is 0 Å². The molecule has 0 bridgehead atoms. The van der Waals surface area contributed by atoms with Crippen LogP contribution in [0.3, 0.4) is 0 Å². The first-order chi connectivity index (χ1) is 6.85. The Bertz CT molecular complexity index is 409. The summed E-state index contributed by atoms with van der Waals surface area (Å²) in [4.78, 5) is 1.04. The minimum absolute atomic E-state index is 0.521. The minimum Gasteiger partial charge on any atom is -0.192 e. The number of nitriles is 2. The van der Waals surface area contributed by atoms with Gasteiger partial charge in [0.25, 0.3) is 0 Å². The molecule has 0 amide bonds. The second-order valence-corrected chi connectivity index (χ2v) is 6.56. The molecule has 0 radical (unpaired) electrons. The molecule has 14 heavy (non-hydrogen) atoms. The smallest absolute Gasteiger partial charge is 0.115 e. The summed E-state index contributed by atoms with van der Waals surface area (Å²) < 4.78 is 2.22. The fraction of sp³-hybridized carbons (Fsp3) is 0. The van der Waals surface area contributed by atoms with E-state index in [1.54, 1.807) is 23.5 Å². The Morgan fingerprint density at radius 1 is 0.857 bits per heavy atom. The Kier molecular flexibility index (Phi) is 3.19. The van der Waals surface area contributed by atoms with Gasteiger partial charge in [-0.15, -0.1) is 0 Å². The lowest BCUT2D eigenvalue weighted by molar-refractivity contribution is 1.50. The van der Waals surface area contributed by atoms with Crippen molar-refractivity contribution < 1.29 is 0 Å². The lowest BCUT2D eigenvalue weighted by Gasteiger charge is -1.98. The van der Waals surface area contributed by atoms with E-state index in [1.165, 1.54) is 23.5 Å². The fourth-order valence-corrected chi connectivity index (χ4v) is 5.17. The van der Waals surface area contributed by atoms with Crippen molar-refractivity contribution in [3.8, 4) is 12.1 Å². The van der Waals surface area contributed by atoms with E-state index >= 15 is 0 Å². The molecule has 68 valence electrons. The van der Waals surface area contributed by atoms with Crippen LogP contribution < -0.4 is 0 Å². The number of thioether (sulfide) groups is 4. The number of hydrogen-bond donors (Lipinski definition) is 0. The fourth-order valence-electron chi connectivity index (χ4n) is 0.833. The molecule has 0 aliphatic carbocycles. The summed E-state index contributed by atoms with van der Waals surface area (Å²) in [7, 11) is 0. The quantitative estimate of drug-likeness (QED) is 0.655. The Hall–Kier alpha value is -0.400. The Morgan fingerprint density at radius 3 is 1.79 bits per heavy atom. The molecule has 0 aromatic carbocycles. The summed E-state index contributed by atoms with van der Waals surface area (Å²) in [6, 6.07) is 4.09. The zero-order chi connectivity index (χ0) is 9.97. The molecular weight excluding hydrogens is 252 g/mol. The van der Waals surface area contributed by atoms with Crippen molar-refractivity contribution in [1.29, 1.82) is 10.5 Å². The van der Waals surface area contributed by atoms with Crippen molar-refractivity contribution in [3.05, 3.63) is 29.1 Å². The lowest BCUT2D eigenvalue weighted by atomic mass is 10.5. The van der Waals surface area contributed by atoms with Crippen LogP contribution in [0.15, 0.2) is 29.1 Å². The monoisotopic (exact) mass is 254 g/mol. The number of rotatable bonds is 0. The maximum absolute atomic E-state index is 8.78. The SMILES string of the molecule is N#CC1=C(C#N)SC(=C2SC=CS2)S1. The van der Waals surface area contributed by atoms with Crippen molar-refractivity contribution >= 4 is 47.0 Å². The summed E-state index contributed by atoms with van der Waals surface area (Å²) in [6.45, 7) is 0. The van der Waals surface area contributed by atoms with E-state index in [0.717, 1.165) is 8.47 Å². The third-order valence-corrected chi connectivity index (χ3v) is 6.43. The Labute approximate surface area is 98.5 Å². The number of hydrogen-bond acceptors (Lipinski definition) is 6. The zero-order valence-electron chi connectivity index (χ0n) is 6.68. The molecule has 2 rings (SSSR count). The van der Waals surface area contributed by atoms with Crippen LogP contribution in [0.5, 0.6) is 0 Å². The van der Waals surface area contributed by atoms with Crippen LogP contribution in [0.4, 0.5) is 0 Å². The molecule has 2 nitrogen and oxygen atoms in total. The summed E-state index contributed by atoms with van der Waals surface area (Å²) in [5.41, 5.74) is 0. The molecule has 2 aliphatic rings. The molecule has 0 saturated heterocycles. The van der Waals surface area contributed by atoms with Crippen LogP contribution in [-0.4, -0.2) is 0 Å². The van der Waals surface area contributed by atoms with Gasteiger partial charge in [-0.2, -0.15) is 10.5 Å². The van der Waals surface area contributed by atoms with Gasteiger partial charge in [-0.3, -0.25) is 0 Å². The van der Waals surface area contributed by atoms with Gasteiger partial charge in [-0.1, -0.05) is 47.0 Å². The molecule has 0 N–H and O–H groups in total. The van der Waals surface area contributed by atoms with E-state index in [-0.39, 0.29) is 0 Å². The van der Waals surface area contributed by atoms with Crippen molar-refractivity contribution in [3.63, 3.8) is 0 Å². The zero-order valence-corrected chi connectivity index (χ0v) is 9.95. The van der Waals surface area contributed by atoms with Gasteiger partial charge in [0.1, 0.15) is 21.9 Å². The summed E-state index contributed by atoms with van der Waals surface area (Å²) >= 11 is 6.07. The predicted octanol–water partition coefficient (Wildman–Crippen LogP) is 3.80. The highest BCUT2D eigenvalue weighted by atomic mass is 32.2. The van der Waals surface area contributed by atoms with Crippen molar-refractivity contribution in [2.45, 2.75) is 0 Å². The van der Waals surface area contributed by atoms with E-state index < -0.39 is 0 Å². The van der Waals surface area contributed by atoms with Gasteiger partial charge in [0.2, 0.25) is 0 Å². The number of nitrogens with zero attached hydrogens (tertiary/aromatic N) is 2. The molecule has 6 heteroatoms. The highest BCUT2D eigenvalue weighted by Crippen LogP contribution is 2.55. The van der Waals surface area contributed by atoms with Crippen LogP contribution in [0.1, 0.15) is 0 Å². The van der Waals surface area contributed by atoms with Gasteiger partial charge < -0.3 is 0 Å². The van der Waals surface area contributed by atoms with Crippen molar-refractivity contribution in [1.82, 2.24) is 0 Å². The predicted molar refractivity (Wildman–Crippen MR) is 64.8 cm³/mol. The van der Waals surface area contributed by atoms with Crippen molar-refractivity contribution in [2.75, 3.05) is 0 Å². The molecule has 0 saturated carbocycles. The van der Waals surface area contributed by atoms with E-state index in [0.29, 0.717) is 9.81 Å². The Morgan fingerprint density at radius 2 is 1.36 bits per heavy atom. The van der Waals surface area contributed by atoms with Crippen LogP contribution in [0, 0.1) is 22.7 Å². The molecular formula is C8H2N2S4. The molecule has 0 spiro atoms. The maximum Gasteiger partial charge on any atom is 0.115 e. The topological polar surface area (TPSA) is 47.6 Å². The lowest BCUT2D eigenvalue weighted by Crippen LogP contribution is -1.66. The van der Waals surface area contributed by atoms with Gasteiger partial charge in [-0.25, -0.2) is 0 Å². The van der Waals surface area contributed by atoms with Crippen molar-refractivity contribution in [2.24, 2.45) is 0 Å². The first-order valence-corrected chi connectivity index (χ1v) is 6.87. The third-order valence-electron chi connectivity index (χ3n) is 1.37. The molecule has 0 fully saturated rings. The third kappa shape index (κ3) is 1.84. The highest BCUT2D eigenvalue weighted by Gasteiger charge is 2.24. The summed E-state index contributed by atoms with van der Waals surface area (Å²) in [6.07, 6.45) is 0. The minimum atomic E-state index is 0.521. The molecule has 0 atom stereocenters. The molecule has 2 heterocycles. The van der Waals surface area contributed by atoms with Crippen LogP contribution >= 0.6 is 47.0 Å². The average molecular weight is 254 g/mol. The summed E-state index contributed by atoms with van der Waals surface area (Å²) in [5.74, 6) is 0. The second kappa shape index (κ2) is 4.41. The molecule has 0 aromatic heterocycles. The van der Waals surface area contributed by atoms with Gasteiger partial charge in [0, 0.05) is 0 Å².